The smallest absolute Gasteiger partial charge is 0.311 e. The number of fused-ring (bicyclic) bond motifs is 2. The second-order valence-corrected chi connectivity index (χ2v) is 9.23. The summed E-state index contributed by atoms with van der Waals surface area (Å²) in [4.78, 5) is 13.5. The highest BCUT2D eigenvalue weighted by atomic mass is 16.6. The van der Waals surface area contributed by atoms with Gasteiger partial charge in [0.1, 0.15) is 5.75 Å². The summed E-state index contributed by atoms with van der Waals surface area (Å²) in [6.45, 7) is 8.03. The molecule has 0 bridgehead atoms. The highest BCUT2D eigenvalue weighted by Gasteiger charge is 2.59. The molecule has 0 N–H and O–H groups in total. The van der Waals surface area contributed by atoms with Crippen molar-refractivity contribution in [1.82, 2.24) is 0 Å². The van der Waals surface area contributed by atoms with Crippen LogP contribution in [-0.4, -0.2) is 16.8 Å². The SMILES string of the molecule is CC(C)Oc1cc2c(cc1[N+](=O)[O-])C=C[C@@]1(O2)N(c2ccccc2)c2ccccc2C1(C)C. The third-order valence-electron chi connectivity index (χ3n) is 6.47. The predicted octanol–water partition coefficient (Wildman–Crippen LogP) is 6.61. The standard InChI is InChI=1S/C27H26N2O4/c1-18(2)32-25-17-24-19(16-23(25)29(30)31)14-15-27(33-24)26(3,4)21-12-8-9-13-22(21)28(27)20-10-6-5-7-11-20/h5-18H,1-4H3/t27-/m0/s1. The van der Waals surface area contributed by atoms with Crippen LogP contribution in [0.1, 0.15) is 38.8 Å². The summed E-state index contributed by atoms with van der Waals surface area (Å²) in [5, 5.41) is 11.7. The van der Waals surface area contributed by atoms with Crippen LogP contribution in [0.4, 0.5) is 17.1 Å². The molecule has 0 aliphatic carbocycles. The van der Waals surface area contributed by atoms with E-state index in [2.05, 4.69) is 43.0 Å². The van der Waals surface area contributed by atoms with Gasteiger partial charge in [0.05, 0.1) is 16.4 Å². The topological polar surface area (TPSA) is 64.8 Å². The van der Waals surface area contributed by atoms with Crippen LogP contribution < -0.4 is 14.4 Å². The van der Waals surface area contributed by atoms with Crippen molar-refractivity contribution in [2.45, 2.75) is 44.9 Å². The van der Waals surface area contributed by atoms with E-state index >= 15 is 0 Å². The molecular weight excluding hydrogens is 416 g/mol. The van der Waals surface area contributed by atoms with E-state index in [4.69, 9.17) is 9.47 Å². The number of hydrogen-bond donors (Lipinski definition) is 0. The number of anilines is 2. The lowest BCUT2D eigenvalue weighted by atomic mass is 9.76. The Bertz CT molecular complexity index is 1270. The van der Waals surface area contributed by atoms with Gasteiger partial charge in [-0.25, -0.2) is 0 Å². The highest BCUT2D eigenvalue weighted by Crippen LogP contribution is 2.58. The Morgan fingerprint density at radius 3 is 2.42 bits per heavy atom. The third kappa shape index (κ3) is 3.09. The van der Waals surface area contributed by atoms with Crippen molar-refractivity contribution in [1.29, 1.82) is 0 Å². The molecule has 168 valence electrons. The molecule has 0 aromatic heterocycles. The van der Waals surface area contributed by atoms with Gasteiger partial charge in [-0.05, 0) is 63.6 Å². The molecule has 1 spiro atoms. The average Bonchev–Trinajstić information content (AvgIpc) is 2.97. The van der Waals surface area contributed by atoms with Gasteiger partial charge in [0, 0.05) is 29.1 Å². The number of ether oxygens (including phenoxy) is 2. The summed E-state index contributed by atoms with van der Waals surface area (Å²) in [5.41, 5.74) is 2.54. The normalized spacial score (nSPS) is 19.8. The third-order valence-corrected chi connectivity index (χ3v) is 6.47. The molecule has 6 nitrogen and oxygen atoms in total. The maximum atomic E-state index is 11.7. The van der Waals surface area contributed by atoms with E-state index in [-0.39, 0.29) is 17.5 Å². The van der Waals surface area contributed by atoms with Crippen LogP contribution in [0.25, 0.3) is 6.08 Å². The summed E-state index contributed by atoms with van der Waals surface area (Å²) < 4.78 is 12.6. The summed E-state index contributed by atoms with van der Waals surface area (Å²) in [6, 6.07) is 21.6. The molecule has 3 aromatic rings. The molecule has 3 aromatic carbocycles. The zero-order chi connectivity index (χ0) is 23.4. The average molecular weight is 443 g/mol. The van der Waals surface area contributed by atoms with E-state index in [1.54, 1.807) is 6.07 Å². The van der Waals surface area contributed by atoms with Gasteiger partial charge in [0.2, 0.25) is 11.5 Å². The minimum absolute atomic E-state index is 0.0690. The number of rotatable bonds is 4. The molecular formula is C27H26N2O4. The van der Waals surface area contributed by atoms with Crippen LogP contribution in [0.3, 0.4) is 0 Å². The van der Waals surface area contributed by atoms with Crippen LogP contribution in [0.5, 0.6) is 11.5 Å². The predicted molar refractivity (Wildman–Crippen MR) is 129 cm³/mol. The summed E-state index contributed by atoms with van der Waals surface area (Å²) in [6.07, 6.45) is 3.74. The summed E-state index contributed by atoms with van der Waals surface area (Å²) in [7, 11) is 0. The van der Waals surface area contributed by atoms with Crippen molar-refractivity contribution in [2.24, 2.45) is 0 Å². The second kappa shape index (κ2) is 7.37. The largest absolute Gasteiger partial charge is 0.484 e. The van der Waals surface area contributed by atoms with Crippen molar-refractivity contribution in [3.8, 4) is 11.5 Å². The van der Waals surface area contributed by atoms with E-state index < -0.39 is 16.1 Å². The number of nitrogens with zero attached hydrogens (tertiary/aromatic N) is 2. The Morgan fingerprint density at radius 2 is 1.73 bits per heavy atom. The number of nitro groups is 1. The maximum absolute atomic E-state index is 11.7. The van der Waals surface area contributed by atoms with E-state index in [0.29, 0.717) is 11.3 Å². The quantitative estimate of drug-likeness (QED) is 0.336. The Balaban J connectivity index is 1.71. The maximum Gasteiger partial charge on any atom is 0.311 e. The number of nitro benzene ring substituents is 1. The first kappa shape index (κ1) is 21.1. The second-order valence-electron chi connectivity index (χ2n) is 9.23. The molecule has 0 fully saturated rings. The molecule has 0 amide bonds. The lowest BCUT2D eigenvalue weighted by molar-refractivity contribution is -0.386. The van der Waals surface area contributed by atoms with Crippen LogP contribution in [0.15, 0.2) is 72.8 Å². The molecule has 2 aliphatic rings. The molecule has 33 heavy (non-hydrogen) atoms. The molecule has 0 radical (unpaired) electrons. The summed E-state index contributed by atoms with van der Waals surface area (Å²) in [5.74, 6) is 0.763. The molecule has 6 heteroatoms. The first-order valence-electron chi connectivity index (χ1n) is 11.1. The fourth-order valence-electron chi connectivity index (χ4n) is 4.89. The van der Waals surface area contributed by atoms with Crippen molar-refractivity contribution in [2.75, 3.05) is 4.90 Å². The molecule has 0 unspecified atom stereocenters. The first-order chi connectivity index (χ1) is 15.7. The van der Waals surface area contributed by atoms with E-state index in [0.717, 1.165) is 11.4 Å². The van der Waals surface area contributed by atoms with Gasteiger partial charge in [-0.2, -0.15) is 0 Å². The van der Waals surface area contributed by atoms with Gasteiger partial charge in [-0.1, -0.05) is 36.4 Å². The lowest BCUT2D eigenvalue weighted by Gasteiger charge is -2.47. The van der Waals surface area contributed by atoms with E-state index in [1.807, 2.05) is 56.3 Å². The van der Waals surface area contributed by atoms with Crippen molar-refractivity contribution in [3.05, 3.63) is 94.0 Å². The highest BCUT2D eigenvalue weighted by molar-refractivity contribution is 5.80. The van der Waals surface area contributed by atoms with E-state index in [1.165, 1.54) is 11.6 Å². The lowest BCUT2D eigenvalue weighted by Crippen LogP contribution is -2.57. The van der Waals surface area contributed by atoms with Gasteiger partial charge >= 0.3 is 5.69 Å². The fraction of sp³-hybridized carbons (Fsp3) is 0.259. The van der Waals surface area contributed by atoms with Crippen molar-refractivity contribution >= 4 is 23.1 Å². The first-order valence-corrected chi connectivity index (χ1v) is 11.1. The molecule has 0 saturated heterocycles. The molecule has 1 atom stereocenters. The molecule has 2 heterocycles. The molecule has 5 rings (SSSR count). The van der Waals surface area contributed by atoms with Gasteiger partial charge < -0.3 is 9.47 Å². The Morgan fingerprint density at radius 1 is 1.03 bits per heavy atom. The van der Waals surface area contributed by atoms with Crippen molar-refractivity contribution < 1.29 is 14.4 Å². The van der Waals surface area contributed by atoms with Gasteiger partial charge in [-0.3, -0.25) is 15.0 Å². The van der Waals surface area contributed by atoms with E-state index in [9.17, 15) is 10.1 Å². The van der Waals surface area contributed by atoms with Crippen LogP contribution in [0, 0.1) is 10.1 Å². The van der Waals surface area contributed by atoms with Crippen molar-refractivity contribution in [3.63, 3.8) is 0 Å². The number of benzene rings is 3. The number of para-hydroxylation sites is 2. The summed E-state index contributed by atoms with van der Waals surface area (Å²) >= 11 is 0. The Kier molecular flexibility index (Phi) is 4.71. The Hall–Kier alpha value is -3.80. The van der Waals surface area contributed by atoms with Gasteiger partial charge in [-0.15, -0.1) is 0 Å². The minimum Gasteiger partial charge on any atom is -0.484 e. The zero-order valence-electron chi connectivity index (χ0n) is 19.1. The number of hydrogen-bond acceptors (Lipinski definition) is 5. The minimum atomic E-state index is -0.865. The zero-order valence-corrected chi connectivity index (χ0v) is 19.1. The van der Waals surface area contributed by atoms with Gasteiger partial charge in [0.25, 0.3) is 0 Å². The van der Waals surface area contributed by atoms with Crippen LogP contribution in [0.2, 0.25) is 0 Å². The fourth-order valence-corrected chi connectivity index (χ4v) is 4.89. The van der Waals surface area contributed by atoms with Gasteiger partial charge in [0.15, 0.2) is 0 Å². The molecule has 2 aliphatic heterocycles. The monoisotopic (exact) mass is 442 g/mol. The molecule has 0 saturated carbocycles. The Labute approximate surface area is 193 Å². The van der Waals surface area contributed by atoms with Crippen LogP contribution >= 0.6 is 0 Å². The van der Waals surface area contributed by atoms with Crippen LogP contribution in [-0.2, 0) is 5.41 Å².